The average molecular weight is 318 g/mol. The molecule has 0 aliphatic rings. The maximum atomic E-state index is 12.0. The van der Waals surface area contributed by atoms with E-state index in [0.717, 1.165) is 10.8 Å². The number of nitrogens with one attached hydrogen (secondary N) is 1. The summed E-state index contributed by atoms with van der Waals surface area (Å²) in [6.07, 6.45) is 2.73. The summed E-state index contributed by atoms with van der Waals surface area (Å²) in [6.45, 7) is 0. The van der Waals surface area contributed by atoms with E-state index in [0.29, 0.717) is 11.3 Å². The molecule has 1 amide bonds. The molecule has 118 valence electrons. The van der Waals surface area contributed by atoms with Crippen LogP contribution in [0.3, 0.4) is 0 Å². The highest BCUT2D eigenvalue weighted by atomic mass is 16.6. The van der Waals surface area contributed by atoms with Crippen molar-refractivity contribution in [2.75, 3.05) is 5.32 Å². The minimum Gasteiger partial charge on any atom is -0.322 e. The van der Waals surface area contributed by atoms with E-state index >= 15 is 0 Å². The lowest BCUT2D eigenvalue weighted by molar-refractivity contribution is -0.385. The van der Waals surface area contributed by atoms with E-state index in [2.05, 4.69) is 5.32 Å². The first-order valence-corrected chi connectivity index (χ1v) is 7.35. The lowest BCUT2D eigenvalue weighted by atomic mass is 10.1. The van der Waals surface area contributed by atoms with Gasteiger partial charge in [0.2, 0.25) is 5.91 Å². The zero-order valence-corrected chi connectivity index (χ0v) is 12.7. The predicted molar refractivity (Wildman–Crippen MR) is 94.7 cm³/mol. The van der Waals surface area contributed by atoms with E-state index < -0.39 is 4.92 Å². The van der Waals surface area contributed by atoms with E-state index in [4.69, 9.17) is 0 Å². The van der Waals surface area contributed by atoms with Gasteiger partial charge in [-0.25, -0.2) is 0 Å². The van der Waals surface area contributed by atoms with Gasteiger partial charge in [-0.05, 0) is 35.0 Å². The van der Waals surface area contributed by atoms with E-state index in [9.17, 15) is 14.9 Å². The van der Waals surface area contributed by atoms with Crippen LogP contribution in [-0.4, -0.2) is 10.8 Å². The molecule has 5 nitrogen and oxygen atoms in total. The molecule has 0 atom stereocenters. The van der Waals surface area contributed by atoms with Crippen molar-refractivity contribution in [3.8, 4) is 0 Å². The zero-order valence-electron chi connectivity index (χ0n) is 12.7. The Labute approximate surface area is 138 Å². The van der Waals surface area contributed by atoms with Crippen LogP contribution < -0.4 is 5.32 Å². The molecule has 1 N–H and O–H groups in total. The summed E-state index contributed by atoms with van der Waals surface area (Å²) in [5.41, 5.74) is 1.02. The van der Waals surface area contributed by atoms with Gasteiger partial charge in [-0.1, -0.05) is 42.5 Å². The lowest BCUT2D eigenvalue weighted by Crippen LogP contribution is -2.07. The molecular formula is C19H14N2O3. The fourth-order valence-corrected chi connectivity index (χ4v) is 2.41. The maximum Gasteiger partial charge on any atom is 0.276 e. The second-order valence-electron chi connectivity index (χ2n) is 5.20. The Bertz CT molecular complexity index is 948. The minimum absolute atomic E-state index is 0.0349. The van der Waals surface area contributed by atoms with Crippen LogP contribution in [0.15, 0.2) is 72.8 Å². The lowest BCUT2D eigenvalue weighted by Gasteiger charge is -2.04. The molecule has 0 bridgehead atoms. The Hall–Kier alpha value is -3.47. The largest absolute Gasteiger partial charge is 0.322 e. The number of nitro benzene ring substituents is 1. The van der Waals surface area contributed by atoms with Gasteiger partial charge in [0.1, 0.15) is 0 Å². The molecule has 3 rings (SSSR count). The molecule has 24 heavy (non-hydrogen) atoms. The summed E-state index contributed by atoms with van der Waals surface area (Å²) in [5, 5.41) is 15.8. The second-order valence-corrected chi connectivity index (χ2v) is 5.20. The van der Waals surface area contributed by atoms with Crippen molar-refractivity contribution in [2.45, 2.75) is 0 Å². The third-order valence-electron chi connectivity index (χ3n) is 3.56. The molecule has 0 spiro atoms. The molecule has 0 saturated carbocycles. The SMILES string of the molecule is O=C(/C=C/c1ccccc1[N+](=O)[O-])Nc1ccc2ccccc2c1. The highest BCUT2D eigenvalue weighted by molar-refractivity contribution is 6.03. The molecule has 0 aliphatic heterocycles. The highest BCUT2D eigenvalue weighted by Gasteiger charge is 2.09. The molecule has 0 aromatic heterocycles. The molecular weight excluding hydrogens is 304 g/mol. The van der Waals surface area contributed by atoms with E-state index in [1.54, 1.807) is 18.2 Å². The third-order valence-corrected chi connectivity index (χ3v) is 3.56. The first-order valence-electron chi connectivity index (χ1n) is 7.35. The Balaban J connectivity index is 1.76. The number of hydrogen-bond acceptors (Lipinski definition) is 3. The normalized spacial score (nSPS) is 10.8. The molecule has 3 aromatic rings. The molecule has 0 fully saturated rings. The van der Waals surface area contributed by atoms with Gasteiger partial charge in [-0.2, -0.15) is 0 Å². The number of para-hydroxylation sites is 1. The van der Waals surface area contributed by atoms with E-state index in [1.165, 1.54) is 18.2 Å². The average Bonchev–Trinajstić information content (AvgIpc) is 2.60. The predicted octanol–water partition coefficient (Wildman–Crippen LogP) is 4.40. The standard InChI is InChI=1S/C19H14N2O3/c22-19(12-10-15-6-3-4-8-18(15)21(23)24)20-17-11-9-14-5-1-2-7-16(14)13-17/h1-13H,(H,20,22)/b12-10+. The number of anilines is 1. The molecule has 0 unspecified atom stereocenters. The van der Waals surface area contributed by atoms with Crippen LogP contribution in [0.5, 0.6) is 0 Å². The Morgan fingerprint density at radius 2 is 1.67 bits per heavy atom. The fourth-order valence-electron chi connectivity index (χ4n) is 2.41. The van der Waals surface area contributed by atoms with E-state index in [-0.39, 0.29) is 11.6 Å². The van der Waals surface area contributed by atoms with Gasteiger partial charge in [0.15, 0.2) is 0 Å². The number of benzene rings is 3. The van der Waals surface area contributed by atoms with Crippen molar-refractivity contribution >= 4 is 34.1 Å². The first-order chi connectivity index (χ1) is 11.6. The number of hydrogen-bond donors (Lipinski definition) is 1. The summed E-state index contributed by atoms with van der Waals surface area (Å²) in [4.78, 5) is 22.5. The number of carbonyl (C=O) groups is 1. The van der Waals surface area contributed by atoms with Crippen molar-refractivity contribution in [1.29, 1.82) is 0 Å². The maximum absolute atomic E-state index is 12.0. The van der Waals surface area contributed by atoms with Gasteiger partial charge in [-0.3, -0.25) is 14.9 Å². The monoisotopic (exact) mass is 318 g/mol. The zero-order chi connectivity index (χ0) is 16.9. The number of fused-ring (bicyclic) bond motifs is 1. The fraction of sp³-hybridized carbons (Fsp3) is 0. The number of amides is 1. The Morgan fingerprint density at radius 1 is 0.958 bits per heavy atom. The van der Waals surface area contributed by atoms with Crippen LogP contribution in [-0.2, 0) is 4.79 Å². The van der Waals surface area contributed by atoms with Crippen LogP contribution in [0.1, 0.15) is 5.56 Å². The van der Waals surface area contributed by atoms with Crippen molar-refractivity contribution in [1.82, 2.24) is 0 Å². The van der Waals surface area contributed by atoms with Gasteiger partial charge < -0.3 is 5.32 Å². The summed E-state index contributed by atoms with van der Waals surface area (Å²) in [6, 6.07) is 19.8. The molecule has 0 saturated heterocycles. The van der Waals surface area contributed by atoms with Gasteiger partial charge in [0.05, 0.1) is 10.5 Å². The van der Waals surface area contributed by atoms with Crippen LogP contribution in [0.4, 0.5) is 11.4 Å². The number of rotatable bonds is 4. The van der Waals surface area contributed by atoms with Gasteiger partial charge in [-0.15, -0.1) is 0 Å². The molecule has 3 aromatic carbocycles. The summed E-state index contributed by atoms with van der Waals surface area (Å²) < 4.78 is 0. The topological polar surface area (TPSA) is 72.2 Å². The molecule has 0 heterocycles. The van der Waals surface area contributed by atoms with Crippen molar-refractivity contribution in [3.05, 3.63) is 88.5 Å². The van der Waals surface area contributed by atoms with Crippen molar-refractivity contribution in [2.24, 2.45) is 0 Å². The summed E-state index contributed by atoms with van der Waals surface area (Å²) in [5.74, 6) is -0.344. The molecule has 0 aliphatic carbocycles. The number of nitrogens with zero attached hydrogens (tertiary/aromatic N) is 1. The highest BCUT2D eigenvalue weighted by Crippen LogP contribution is 2.20. The van der Waals surface area contributed by atoms with Crippen LogP contribution >= 0.6 is 0 Å². The Morgan fingerprint density at radius 3 is 2.46 bits per heavy atom. The molecule has 5 heteroatoms. The summed E-state index contributed by atoms with van der Waals surface area (Å²) >= 11 is 0. The van der Waals surface area contributed by atoms with Crippen LogP contribution in [0, 0.1) is 10.1 Å². The first kappa shape index (κ1) is 15.4. The van der Waals surface area contributed by atoms with Gasteiger partial charge in [0, 0.05) is 17.8 Å². The summed E-state index contributed by atoms with van der Waals surface area (Å²) in [7, 11) is 0. The smallest absolute Gasteiger partial charge is 0.276 e. The minimum atomic E-state index is -0.471. The van der Waals surface area contributed by atoms with Crippen molar-refractivity contribution < 1.29 is 9.72 Å². The second kappa shape index (κ2) is 6.75. The molecule has 0 radical (unpaired) electrons. The Kier molecular flexibility index (Phi) is 4.34. The van der Waals surface area contributed by atoms with Gasteiger partial charge >= 0.3 is 0 Å². The van der Waals surface area contributed by atoms with Crippen molar-refractivity contribution in [3.63, 3.8) is 0 Å². The third kappa shape index (κ3) is 3.47. The van der Waals surface area contributed by atoms with Gasteiger partial charge in [0.25, 0.3) is 5.69 Å². The number of carbonyl (C=O) groups excluding carboxylic acids is 1. The van der Waals surface area contributed by atoms with E-state index in [1.807, 2.05) is 42.5 Å². The quantitative estimate of drug-likeness (QED) is 0.440. The number of nitro groups is 1. The van der Waals surface area contributed by atoms with Crippen LogP contribution in [0.2, 0.25) is 0 Å². The van der Waals surface area contributed by atoms with Crippen LogP contribution in [0.25, 0.3) is 16.8 Å².